The van der Waals surface area contributed by atoms with E-state index < -0.39 is 16.4 Å². The molecule has 1 heterocycles. The summed E-state index contributed by atoms with van der Waals surface area (Å²) in [6.45, 7) is 4.85. The summed E-state index contributed by atoms with van der Waals surface area (Å²) >= 11 is 0. The number of rotatable bonds is 4. The Kier molecular flexibility index (Phi) is 5.46. The van der Waals surface area contributed by atoms with Gasteiger partial charge in [-0.2, -0.15) is 4.39 Å². The van der Waals surface area contributed by atoms with Crippen LogP contribution in [0.5, 0.6) is 0 Å². The molecule has 7 heteroatoms. The third-order valence-corrected chi connectivity index (χ3v) is 5.65. The first-order chi connectivity index (χ1) is 14.4. The van der Waals surface area contributed by atoms with Crippen LogP contribution in [0, 0.1) is 22.9 Å². The Morgan fingerprint density at radius 1 is 1.07 bits per heavy atom. The largest absolute Gasteiger partial charge is 0.336 e. The van der Waals surface area contributed by atoms with Crippen molar-refractivity contribution < 1.29 is 14.1 Å². The fourth-order valence-corrected chi connectivity index (χ4v) is 3.98. The highest BCUT2D eigenvalue weighted by atomic mass is 19.1. The zero-order valence-corrected chi connectivity index (χ0v) is 16.7. The monoisotopic (exact) mass is 407 g/mol. The molecule has 1 aliphatic rings. The maximum atomic E-state index is 13.8. The molecular formula is C23H22FN3O3. The van der Waals surface area contributed by atoms with E-state index in [9.17, 15) is 19.3 Å². The topological polar surface area (TPSA) is 66.7 Å². The van der Waals surface area contributed by atoms with Crippen molar-refractivity contribution in [1.29, 1.82) is 0 Å². The average Bonchev–Trinajstić information content (AvgIpc) is 2.74. The number of fused-ring (bicyclic) bond motifs is 1. The SMILES string of the molecule is Cc1cc(F)c([N+](=O)[O-])cc1C(=O)N1CCN(Cc2cccc3ccccc23)CC1. The summed E-state index contributed by atoms with van der Waals surface area (Å²) in [7, 11) is 0. The highest BCUT2D eigenvalue weighted by molar-refractivity contribution is 5.96. The summed E-state index contributed by atoms with van der Waals surface area (Å²) < 4.78 is 13.8. The second kappa shape index (κ2) is 8.20. The van der Waals surface area contributed by atoms with Gasteiger partial charge in [0.2, 0.25) is 5.82 Å². The lowest BCUT2D eigenvalue weighted by molar-refractivity contribution is -0.387. The second-order valence-electron chi connectivity index (χ2n) is 7.58. The van der Waals surface area contributed by atoms with Crippen molar-refractivity contribution in [3.05, 3.63) is 87.2 Å². The first-order valence-electron chi connectivity index (χ1n) is 9.87. The third kappa shape index (κ3) is 3.89. The maximum absolute atomic E-state index is 13.8. The summed E-state index contributed by atoms with van der Waals surface area (Å²) in [6.07, 6.45) is 0. The maximum Gasteiger partial charge on any atom is 0.305 e. The number of carbonyl (C=O) groups excluding carboxylic acids is 1. The van der Waals surface area contributed by atoms with Crippen LogP contribution in [0.1, 0.15) is 21.5 Å². The number of nitro groups is 1. The van der Waals surface area contributed by atoms with Gasteiger partial charge in [-0.1, -0.05) is 42.5 Å². The van der Waals surface area contributed by atoms with Crippen molar-refractivity contribution in [3.63, 3.8) is 0 Å². The molecule has 4 rings (SSSR count). The Balaban J connectivity index is 1.45. The Bertz CT molecular complexity index is 1120. The van der Waals surface area contributed by atoms with E-state index in [1.54, 1.807) is 11.8 Å². The number of benzene rings is 3. The summed E-state index contributed by atoms with van der Waals surface area (Å²) in [5, 5.41) is 13.5. The highest BCUT2D eigenvalue weighted by Gasteiger charge is 2.26. The molecule has 0 atom stereocenters. The smallest absolute Gasteiger partial charge is 0.305 e. The molecule has 0 N–H and O–H groups in total. The van der Waals surface area contributed by atoms with Crippen LogP contribution in [0.15, 0.2) is 54.6 Å². The van der Waals surface area contributed by atoms with Crippen LogP contribution < -0.4 is 0 Å². The van der Waals surface area contributed by atoms with E-state index in [-0.39, 0.29) is 11.5 Å². The number of nitro benzene ring substituents is 1. The fourth-order valence-electron chi connectivity index (χ4n) is 3.98. The van der Waals surface area contributed by atoms with Gasteiger partial charge in [-0.05, 0) is 34.9 Å². The van der Waals surface area contributed by atoms with Gasteiger partial charge in [0.15, 0.2) is 0 Å². The van der Waals surface area contributed by atoms with E-state index in [2.05, 4.69) is 35.2 Å². The molecule has 3 aromatic rings. The molecule has 1 saturated heterocycles. The molecule has 0 unspecified atom stereocenters. The molecule has 1 aliphatic heterocycles. The van der Waals surface area contributed by atoms with Crippen molar-refractivity contribution in [1.82, 2.24) is 9.80 Å². The van der Waals surface area contributed by atoms with E-state index in [0.717, 1.165) is 18.7 Å². The molecule has 0 bridgehead atoms. The van der Waals surface area contributed by atoms with Gasteiger partial charge < -0.3 is 4.90 Å². The summed E-state index contributed by atoms with van der Waals surface area (Å²) in [5.74, 6) is -1.21. The van der Waals surface area contributed by atoms with Gasteiger partial charge in [-0.3, -0.25) is 19.8 Å². The van der Waals surface area contributed by atoms with Crippen LogP contribution in [-0.2, 0) is 6.54 Å². The lowest BCUT2D eigenvalue weighted by Crippen LogP contribution is -2.48. The molecule has 0 spiro atoms. The first-order valence-corrected chi connectivity index (χ1v) is 9.87. The molecule has 1 fully saturated rings. The van der Waals surface area contributed by atoms with Gasteiger partial charge in [0, 0.05) is 44.4 Å². The van der Waals surface area contributed by atoms with Crippen LogP contribution in [0.25, 0.3) is 10.8 Å². The van der Waals surface area contributed by atoms with Crippen LogP contribution in [0.4, 0.5) is 10.1 Å². The van der Waals surface area contributed by atoms with Crippen LogP contribution in [0.2, 0.25) is 0 Å². The minimum absolute atomic E-state index is 0.186. The van der Waals surface area contributed by atoms with E-state index in [1.165, 1.54) is 16.3 Å². The number of halogens is 1. The standard InChI is InChI=1S/C23H22FN3O3/c1-16-13-21(24)22(27(29)30)14-20(16)23(28)26-11-9-25(10-12-26)15-18-7-4-6-17-5-2-3-8-19(17)18/h2-8,13-14H,9-12,15H2,1H3. The van der Waals surface area contributed by atoms with Gasteiger partial charge in [0.25, 0.3) is 5.91 Å². The Morgan fingerprint density at radius 2 is 1.77 bits per heavy atom. The Labute approximate surface area is 173 Å². The zero-order chi connectivity index (χ0) is 21.3. The van der Waals surface area contributed by atoms with E-state index in [4.69, 9.17) is 0 Å². The van der Waals surface area contributed by atoms with Crippen LogP contribution in [-0.4, -0.2) is 46.8 Å². The van der Waals surface area contributed by atoms with Crippen LogP contribution >= 0.6 is 0 Å². The van der Waals surface area contributed by atoms with Crippen molar-refractivity contribution in [2.75, 3.05) is 26.2 Å². The van der Waals surface area contributed by atoms with E-state index in [0.29, 0.717) is 31.7 Å². The van der Waals surface area contributed by atoms with Gasteiger partial charge >= 0.3 is 5.69 Å². The molecule has 3 aromatic carbocycles. The number of nitrogens with zero attached hydrogens (tertiary/aromatic N) is 3. The van der Waals surface area contributed by atoms with Gasteiger partial charge in [0.05, 0.1) is 4.92 Å². The van der Waals surface area contributed by atoms with E-state index >= 15 is 0 Å². The van der Waals surface area contributed by atoms with Crippen molar-refractivity contribution in [2.45, 2.75) is 13.5 Å². The van der Waals surface area contributed by atoms with Crippen LogP contribution in [0.3, 0.4) is 0 Å². The average molecular weight is 407 g/mol. The highest BCUT2D eigenvalue weighted by Crippen LogP contribution is 2.24. The molecule has 30 heavy (non-hydrogen) atoms. The van der Waals surface area contributed by atoms with Crippen molar-refractivity contribution in [3.8, 4) is 0 Å². The summed E-state index contributed by atoms with van der Waals surface area (Å²) in [4.78, 5) is 27.1. The molecule has 0 radical (unpaired) electrons. The predicted octanol–water partition coefficient (Wildman–Crippen LogP) is 4.15. The minimum atomic E-state index is -0.922. The van der Waals surface area contributed by atoms with Gasteiger partial charge in [-0.15, -0.1) is 0 Å². The number of amides is 1. The number of hydrogen-bond donors (Lipinski definition) is 0. The molecule has 0 aromatic heterocycles. The van der Waals surface area contributed by atoms with Crippen molar-refractivity contribution in [2.24, 2.45) is 0 Å². The molecular weight excluding hydrogens is 385 g/mol. The molecule has 154 valence electrons. The number of carbonyl (C=O) groups is 1. The van der Waals surface area contributed by atoms with Crippen molar-refractivity contribution >= 4 is 22.4 Å². The third-order valence-electron chi connectivity index (χ3n) is 5.65. The number of aryl methyl sites for hydroxylation is 1. The minimum Gasteiger partial charge on any atom is -0.336 e. The lowest BCUT2D eigenvalue weighted by atomic mass is 10.0. The number of hydrogen-bond acceptors (Lipinski definition) is 4. The summed E-state index contributed by atoms with van der Waals surface area (Å²) in [6, 6.07) is 16.7. The molecule has 1 amide bonds. The van der Waals surface area contributed by atoms with Gasteiger partial charge in [-0.25, -0.2) is 0 Å². The quantitative estimate of drug-likeness (QED) is 0.481. The van der Waals surface area contributed by atoms with E-state index in [1.807, 2.05) is 12.1 Å². The predicted molar refractivity (Wildman–Crippen MR) is 113 cm³/mol. The number of piperazine rings is 1. The first kappa shape index (κ1) is 20.0. The Hall–Kier alpha value is -3.32. The fraction of sp³-hybridized carbons (Fsp3) is 0.261. The summed E-state index contributed by atoms with van der Waals surface area (Å²) in [5.41, 5.74) is 1.17. The molecule has 0 saturated carbocycles. The Morgan fingerprint density at radius 3 is 2.50 bits per heavy atom. The lowest BCUT2D eigenvalue weighted by Gasteiger charge is -2.35. The molecule has 6 nitrogen and oxygen atoms in total. The van der Waals surface area contributed by atoms with Gasteiger partial charge in [0.1, 0.15) is 0 Å². The zero-order valence-electron chi connectivity index (χ0n) is 16.7. The normalized spacial score (nSPS) is 14.8. The second-order valence-corrected chi connectivity index (χ2v) is 7.58. The molecule has 0 aliphatic carbocycles.